The average molecular weight is 257 g/mol. The number of halogens is 6. The van der Waals surface area contributed by atoms with Crippen LogP contribution in [0.5, 0.6) is 0 Å². The molecular formula is C8H2ClF5N2. The Balaban J connectivity index is 3.58. The van der Waals surface area contributed by atoms with Crippen molar-refractivity contribution in [3.8, 4) is 6.07 Å². The molecule has 0 spiro atoms. The van der Waals surface area contributed by atoms with Gasteiger partial charge in [0.25, 0.3) is 6.43 Å². The van der Waals surface area contributed by atoms with Crippen molar-refractivity contribution >= 4 is 11.6 Å². The zero-order valence-corrected chi connectivity index (χ0v) is 8.07. The molecule has 0 amide bonds. The number of hydrogen-bond donors (Lipinski definition) is 0. The Labute approximate surface area is 91.3 Å². The van der Waals surface area contributed by atoms with Gasteiger partial charge in [-0.15, -0.1) is 0 Å². The SMILES string of the molecule is N#Cc1cnc(C(F)F)c(C(F)(F)F)c1Cl. The van der Waals surface area contributed by atoms with Crippen LogP contribution in [0.25, 0.3) is 0 Å². The second-order valence-electron chi connectivity index (χ2n) is 2.66. The quantitative estimate of drug-likeness (QED) is 0.720. The van der Waals surface area contributed by atoms with Gasteiger partial charge in [-0.25, -0.2) is 8.78 Å². The van der Waals surface area contributed by atoms with E-state index in [9.17, 15) is 22.0 Å². The highest BCUT2D eigenvalue weighted by atomic mass is 35.5. The smallest absolute Gasteiger partial charge is 0.253 e. The fourth-order valence-corrected chi connectivity index (χ4v) is 1.31. The summed E-state index contributed by atoms with van der Waals surface area (Å²) >= 11 is 5.23. The maximum Gasteiger partial charge on any atom is 0.419 e. The third-order valence-electron chi connectivity index (χ3n) is 1.66. The molecule has 1 heterocycles. The highest BCUT2D eigenvalue weighted by Crippen LogP contribution is 2.40. The zero-order valence-electron chi connectivity index (χ0n) is 7.32. The number of hydrogen-bond acceptors (Lipinski definition) is 2. The molecule has 0 bridgehead atoms. The van der Waals surface area contributed by atoms with Crippen molar-refractivity contribution in [3.63, 3.8) is 0 Å². The van der Waals surface area contributed by atoms with E-state index in [4.69, 9.17) is 16.9 Å². The Kier molecular flexibility index (Phi) is 3.33. The monoisotopic (exact) mass is 256 g/mol. The third-order valence-corrected chi connectivity index (χ3v) is 2.05. The van der Waals surface area contributed by atoms with Gasteiger partial charge >= 0.3 is 6.18 Å². The molecule has 0 N–H and O–H groups in total. The number of alkyl halides is 5. The Morgan fingerprint density at radius 2 is 1.94 bits per heavy atom. The molecule has 2 nitrogen and oxygen atoms in total. The molecule has 1 aromatic rings. The van der Waals surface area contributed by atoms with Crippen LogP contribution in [0.3, 0.4) is 0 Å². The third kappa shape index (κ3) is 2.22. The van der Waals surface area contributed by atoms with E-state index in [2.05, 4.69) is 4.98 Å². The van der Waals surface area contributed by atoms with Crippen LogP contribution in [-0.4, -0.2) is 4.98 Å². The van der Waals surface area contributed by atoms with Crippen LogP contribution < -0.4 is 0 Å². The van der Waals surface area contributed by atoms with Gasteiger partial charge in [0.05, 0.1) is 10.6 Å². The second-order valence-corrected chi connectivity index (χ2v) is 3.03. The van der Waals surface area contributed by atoms with E-state index < -0.39 is 34.4 Å². The first-order chi connectivity index (χ1) is 7.29. The highest BCUT2D eigenvalue weighted by molar-refractivity contribution is 6.32. The van der Waals surface area contributed by atoms with Gasteiger partial charge in [-0.1, -0.05) is 11.6 Å². The largest absolute Gasteiger partial charge is 0.419 e. The summed E-state index contributed by atoms with van der Waals surface area (Å²) in [7, 11) is 0. The molecule has 86 valence electrons. The van der Waals surface area contributed by atoms with Gasteiger partial charge in [0, 0.05) is 6.20 Å². The lowest BCUT2D eigenvalue weighted by Crippen LogP contribution is -2.13. The summed E-state index contributed by atoms with van der Waals surface area (Å²) in [5.41, 5.74) is -3.84. The van der Waals surface area contributed by atoms with Crippen LogP contribution in [0.15, 0.2) is 6.20 Å². The van der Waals surface area contributed by atoms with Crippen molar-refractivity contribution in [1.29, 1.82) is 5.26 Å². The van der Waals surface area contributed by atoms with Crippen molar-refractivity contribution < 1.29 is 22.0 Å². The lowest BCUT2D eigenvalue weighted by atomic mass is 10.1. The first-order valence-electron chi connectivity index (χ1n) is 3.73. The summed E-state index contributed by atoms with van der Waals surface area (Å²) < 4.78 is 61.8. The number of rotatable bonds is 1. The molecule has 1 aromatic heterocycles. The van der Waals surface area contributed by atoms with Gasteiger partial charge in [0.1, 0.15) is 17.3 Å². The standard InChI is InChI=1S/C8H2ClF5N2/c9-5-3(1-15)2-16-6(7(10)11)4(5)8(12,13)14/h2,7H. The van der Waals surface area contributed by atoms with E-state index in [0.717, 1.165) is 0 Å². The molecule has 0 atom stereocenters. The van der Waals surface area contributed by atoms with E-state index >= 15 is 0 Å². The van der Waals surface area contributed by atoms with E-state index in [1.165, 1.54) is 6.07 Å². The summed E-state index contributed by atoms with van der Waals surface area (Å²) in [6.45, 7) is 0. The van der Waals surface area contributed by atoms with E-state index in [1.54, 1.807) is 0 Å². The van der Waals surface area contributed by atoms with E-state index in [1.807, 2.05) is 0 Å². The van der Waals surface area contributed by atoms with Crippen LogP contribution in [0.2, 0.25) is 5.02 Å². The van der Waals surface area contributed by atoms with Crippen LogP contribution in [0.4, 0.5) is 22.0 Å². The fraction of sp³-hybridized carbons (Fsp3) is 0.250. The molecule has 8 heteroatoms. The van der Waals surface area contributed by atoms with Crippen LogP contribution in [-0.2, 0) is 6.18 Å². The summed E-state index contributed by atoms with van der Waals surface area (Å²) in [6.07, 6.45) is -7.91. The van der Waals surface area contributed by atoms with Crippen molar-refractivity contribution in [2.45, 2.75) is 12.6 Å². The molecule has 0 saturated carbocycles. The molecule has 16 heavy (non-hydrogen) atoms. The molecule has 0 radical (unpaired) electrons. The molecule has 0 fully saturated rings. The molecule has 0 aliphatic rings. The summed E-state index contributed by atoms with van der Waals surface area (Å²) in [6, 6.07) is 1.33. The maximum absolute atomic E-state index is 12.4. The highest BCUT2D eigenvalue weighted by Gasteiger charge is 2.40. The van der Waals surface area contributed by atoms with Crippen molar-refractivity contribution in [2.75, 3.05) is 0 Å². The lowest BCUT2D eigenvalue weighted by Gasteiger charge is -2.13. The minimum atomic E-state index is -5.08. The van der Waals surface area contributed by atoms with Crippen molar-refractivity contribution in [1.82, 2.24) is 4.98 Å². The average Bonchev–Trinajstić information content (AvgIpc) is 2.14. The van der Waals surface area contributed by atoms with Crippen LogP contribution >= 0.6 is 11.6 Å². The topological polar surface area (TPSA) is 36.7 Å². The minimum absolute atomic E-state index is 0.582. The Morgan fingerprint density at radius 3 is 2.31 bits per heavy atom. The minimum Gasteiger partial charge on any atom is -0.253 e. The molecule has 0 aliphatic carbocycles. The normalized spacial score (nSPS) is 11.6. The van der Waals surface area contributed by atoms with Gasteiger partial charge in [0.15, 0.2) is 0 Å². The molecule has 0 aliphatic heterocycles. The van der Waals surface area contributed by atoms with Crippen LogP contribution in [0.1, 0.15) is 23.2 Å². The predicted molar refractivity (Wildman–Crippen MR) is 43.9 cm³/mol. The Morgan fingerprint density at radius 1 is 1.38 bits per heavy atom. The number of nitrogens with zero attached hydrogens (tertiary/aromatic N) is 2. The van der Waals surface area contributed by atoms with Gasteiger partial charge in [-0.2, -0.15) is 18.4 Å². The number of pyridine rings is 1. The van der Waals surface area contributed by atoms with Gasteiger partial charge < -0.3 is 0 Å². The summed E-state index contributed by atoms with van der Waals surface area (Å²) in [4.78, 5) is 2.90. The van der Waals surface area contributed by atoms with Gasteiger partial charge in [-0.3, -0.25) is 4.98 Å². The lowest BCUT2D eigenvalue weighted by molar-refractivity contribution is -0.139. The summed E-state index contributed by atoms with van der Waals surface area (Å²) in [5.74, 6) is 0. The summed E-state index contributed by atoms with van der Waals surface area (Å²) in [5, 5.41) is 7.35. The number of aromatic nitrogens is 1. The zero-order chi connectivity index (χ0) is 12.5. The Bertz CT molecular complexity index is 449. The fourth-order valence-electron chi connectivity index (χ4n) is 1.02. The first-order valence-corrected chi connectivity index (χ1v) is 4.10. The van der Waals surface area contributed by atoms with Crippen molar-refractivity contribution in [2.24, 2.45) is 0 Å². The maximum atomic E-state index is 12.4. The molecule has 1 rings (SSSR count). The predicted octanol–water partition coefficient (Wildman–Crippen LogP) is 3.56. The van der Waals surface area contributed by atoms with E-state index in [-0.39, 0.29) is 0 Å². The first kappa shape index (κ1) is 12.6. The van der Waals surface area contributed by atoms with Gasteiger partial charge in [0.2, 0.25) is 0 Å². The van der Waals surface area contributed by atoms with Crippen LogP contribution in [0, 0.1) is 11.3 Å². The molecule has 0 saturated heterocycles. The van der Waals surface area contributed by atoms with Crippen molar-refractivity contribution in [3.05, 3.63) is 28.0 Å². The molecule has 0 aromatic carbocycles. The van der Waals surface area contributed by atoms with E-state index in [0.29, 0.717) is 6.20 Å². The number of nitriles is 1. The Hall–Kier alpha value is -1.42. The van der Waals surface area contributed by atoms with Gasteiger partial charge in [-0.05, 0) is 0 Å². The second kappa shape index (κ2) is 4.22. The molecule has 0 unspecified atom stereocenters. The molecular weight excluding hydrogens is 255 g/mol.